The van der Waals surface area contributed by atoms with Gasteiger partial charge in [0.2, 0.25) is 0 Å². The van der Waals surface area contributed by atoms with Crippen LogP contribution in [0.25, 0.3) is 0 Å². The lowest BCUT2D eigenvalue weighted by molar-refractivity contribution is -0.127. The van der Waals surface area contributed by atoms with E-state index < -0.39 is 0 Å². The lowest BCUT2D eigenvalue weighted by Crippen LogP contribution is -2.53. The van der Waals surface area contributed by atoms with Crippen LogP contribution in [0.1, 0.15) is 106 Å². The first-order valence-corrected chi connectivity index (χ1v) is 12.3. The van der Waals surface area contributed by atoms with Gasteiger partial charge < -0.3 is 10.2 Å². The minimum absolute atomic E-state index is 0.0288. The van der Waals surface area contributed by atoms with Crippen LogP contribution in [0, 0.1) is 40.4 Å². The second-order valence-corrected chi connectivity index (χ2v) is 9.92. The predicted molar refractivity (Wildman–Crippen MR) is 116 cm³/mol. The van der Waals surface area contributed by atoms with Gasteiger partial charge in [-0.3, -0.25) is 0 Å². The molecule has 4 aliphatic rings. The average molecular weight is 381 g/mol. The molecule has 0 amide bonds. The van der Waals surface area contributed by atoms with E-state index in [2.05, 4.69) is 13.8 Å². The van der Waals surface area contributed by atoms with E-state index in [1.165, 1.54) is 44.9 Å². The third-order valence-electron chi connectivity index (χ3n) is 9.31. The van der Waals surface area contributed by atoms with E-state index in [0.29, 0.717) is 17.4 Å². The minimum Gasteiger partial charge on any atom is -0.396 e. The molecule has 0 aromatic heterocycles. The average Bonchev–Trinajstić information content (AvgIpc) is 3.02. The number of fused-ring (bicyclic) bond motifs is 5. The van der Waals surface area contributed by atoms with Gasteiger partial charge in [0, 0.05) is 6.61 Å². The molecule has 4 saturated carbocycles. The first-order valence-electron chi connectivity index (χ1n) is 12.3. The number of hydrogen-bond donors (Lipinski definition) is 2. The topological polar surface area (TPSA) is 40.5 Å². The maximum Gasteiger partial charge on any atom is 0.0543 e. The zero-order chi connectivity index (χ0) is 20.2. The molecule has 0 spiro atoms. The zero-order valence-corrected chi connectivity index (χ0v) is 19.1. The van der Waals surface area contributed by atoms with Crippen molar-refractivity contribution in [3.05, 3.63) is 0 Å². The van der Waals surface area contributed by atoms with Crippen molar-refractivity contribution in [3.63, 3.8) is 0 Å². The second-order valence-electron chi connectivity index (χ2n) is 9.92. The number of aliphatic hydroxyl groups is 2. The smallest absolute Gasteiger partial charge is 0.0543 e. The van der Waals surface area contributed by atoms with Gasteiger partial charge in [-0.05, 0) is 105 Å². The molecule has 2 heteroatoms. The Morgan fingerprint density at radius 1 is 0.778 bits per heavy atom. The van der Waals surface area contributed by atoms with Gasteiger partial charge in [-0.15, -0.1) is 0 Å². The van der Waals surface area contributed by atoms with Crippen LogP contribution in [0.15, 0.2) is 0 Å². The van der Waals surface area contributed by atoms with Crippen LogP contribution in [0.2, 0.25) is 0 Å². The normalized spacial score (nSPS) is 48.0. The molecule has 160 valence electrons. The van der Waals surface area contributed by atoms with Crippen LogP contribution in [0.4, 0.5) is 0 Å². The fraction of sp³-hybridized carbons (Fsp3) is 1.00. The summed E-state index contributed by atoms with van der Waals surface area (Å²) in [6.07, 6.45) is 12.7. The molecule has 2 N–H and O–H groups in total. The molecule has 4 fully saturated rings. The highest BCUT2D eigenvalue weighted by atomic mass is 16.3. The third kappa shape index (κ3) is 4.00. The summed E-state index contributed by atoms with van der Waals surface area (Å²) in [4.78, 5) is 0. The van der Waals surface area contributed by atoms with Gasteiger partial charge in [0.15, 0.2) is 0 Å². The summed E-state index contributed by atoms with van der Waals surface area (Å²) in [5.74, 6) is 4.26. The maximum absolute atomic E-state index is 10.1. The Balaban J connectivity index is 0.000000614. The first-order chi connectivity index (χ1) is 13.0. The third-order valence-corrected chi connectivity index (χ3v) is 9.31. The molecule has 0 saturated heterocycles. The Morgan fingerprint density at radius 3 is 2.07 bits per heavy atom. The quantitative estimate of drug-likeness (QED) is 0.578. The molecular formula is C25H48O2. The number of hydrogen-bond acceptors (Lipinski definition) is 2. The van der Waals surface area contributed by atoms with E-state index in [1.54, 1.807) is 0 Å². The van der Waals surface area contributed by atoms with Crippen molar-refractivity contribution < 1.29 is 10.2 Å². The largest absolute Gasteiger partial charge is 0.396 e. The summed E-state index contributed by atoms with van der Waals surface area (Å²) in [5, 5.41) is 19.6. The van der Waals surface area contributed by atoms with Crippen LogP contribution < -0.4 is 0 Å². The molecule has 8 unspecified atom stereocenters. The summed E-state index contributed by atoms with van der Waals surface area (Å²) >= 11 is 0. The van der Waals surface area contributed by atoms with Crippen molar-refractivity contribution in [1.29, 1.82) is 0 Å². The molecule has 0 aromatic rings. The first kappa shape index (κ1) is 23.2. The molecule has 0 aliphatic heterocycles. The molecule has 0 radical (unpaired) electrons. The molecule has 4 aliphatic carbocycles. The fourth-order valence-electron chi connectivity index (χ4n) is 7.97. The van der Waals surface area contributed by atoms with Crippen molar-refractivity contribution in [1.82, 2.24) is 0 Å². The van der Waals surface area contributed by atoms with E-state index in [-0.39, 0.29) is 6.10 Å². The Morgan fingerprint density at radius 2 is 1.41 bits per heavy atom. The Kier molecular flexibility index (Phi) is 8.26. The molecule has 27 heavy (non-hydrogen) atoms. The minimum atomic E-state index is -0.0288. The molecule has 2 nitrogen and oxygen atoms in total. The van der Waals surface area contributed by atoms with Crippen LogP contribution in [-0.2, 0) is 0 Å². The summed E-state index contributed by atoms with van der Waals surface area (Å²) in [6.45, 7) is 13.5. The zero-order valence-electron chi connectivity index (χ0n) is 19.1. The van der Waals surface area contributed by atoms with Crippen molar-refractivity contribution in [2.45, 2.75) is 112 Å². The van der Waals surface area contributed by atoms with Crippen molar-refractivity contribution in [2.24, 2.45) is 40.4 Å². The van der Waals surface area contributed by atoms with Gasteiger partial charge in [-0.25, -0.2) is 0 Å². The fourth-order valence-corrected chi connectivity index (χ4v) is 7.97. The maximum atomic E-state index is 10.1. The molecule has 0 bridgehead atoms. The van der Waals surface area contributed by atoms with Crippen LogP contribution >= 0.6 is 0 Å². The summed E-state index contributed by atoms with van der Waals surface area (Å²) < 4.78 is 0. The van der Waals surface area contributed by atoms with Gasteiger partial charge in [0.05, 0.1) is 6.10 Å². The molecule has 0 aromatic carbocycles. The summed E-state index contributed by atoms with van der Waals surface area (Å²) in [7, 11) is 0. The van der Waals surface area contributed by atoms with E-state index in [0.717, 1.165) is 48.9 Å². The van der Waals surface area contributed by atoms with E-state index in [9.17, 15) is 10.2 Å². The Hall–Kier alpha value is -0.0800. The van der Waals surface area contributed by atoms with Gasteiger partial charge >= 0.3 is 0 Å². The van der Waals surface area contributed by atoms with Gasteiger partial charge in [-0.1, -0.05) is 41.5 Å². The summed E-state index contributed by atoms with van der Waals surface area (Å²) in [5.41, 5.74) is 1.000. The molecule has 0 heterocycles. The highest BCUT2D eigenvalue weighted by molar-refractivity contribution is 5.09. The monoisotopic (exact) mass is 380 g/mol. The van der Waals surface area contributed by atoms with Crippen LogP contribution in [-0.4, -0.2) is 22.9 Å². The second kappa shape index (κ2) is 9.61. The SMILES string of the molecule is CC.CC.CC12CCC3C(CCC4CC(O)CCC43C)C1CCC2CCO. The van der Waals surface area contributed by atoms with Crippen LogP contribution in [0.3, 0.4) is 0 Å². The number of aliphatic hydroxyl groups excluding tert-OH is 2. The van der Waals surface area contributed by atoms with Gasteiger partial charge in [-0.2, -0.15) is 0 Å². The highest BCUT2D eigenvalue weighted by Crippen LogP contribution is 2.67. The van der Waals surface area contributed by atoms with Crippen molar-refractivity contribution in [3.8, 4) is 0 Å². The van der Waals surface area contributed by atoms with Crippen molar-refractivity contribution >= 4 is 0 Å². The van der Waals surface area contributed by atoms with Crippen molar-refractivity contribution in [2.75, 3.05) is 6.61 Å². The standard InChI is InChI=1S/C21H36O2.2C2H6/c1-20-11-8-19-17(18(20)6-4-14(20)9-12-22)5-3-15-13-16(23)7-10-21(15,19)2;2*1-2/h14-19,22-23H,3-13H2,1-2H3;2*1-2H3. The Labute approximate surface area is 169 Å². The summed E-state index contributed by atoms with van der Waals surface area (Å²) in [6, 6.07) is 0. The Bertz CT molecular complexity index is 450. The lowest BCUT2D eigenvalue weighted by atomic mass is 9.44. The number of rotatable bonds is 2. The molecule has 8 atom stereocenters. The molecule has 4 rings (SSSR count). The van der Waals surface area contributed by atoms with E-state index in [1.807, 2.05) is 27.7 Å². The highest BCUT2D eigenvalue weighted by Gasteiger charge is 2.59. The van der Waals surface area contributed by atoms with Gasteiger partial charge in [0.1, 0.15) is 0 Å². The van der Waals surface area contributed by atoms with E-state index >= 15 is 0 Å². The molecular weight excluding hydrogens is 332 g/mol. The van der Waals surface area contributed by atoms with Gasteiger partial charge in [0.25, 0.3) is 0 Å². The lowest BCUT2D eigenvalue weighted by Gasteiger charge is -2.61. The predicted octanol–water partition coefficient (Wildman–Crippen LogP) is 6.44. The van der Waals surface area contributed by atoms with E-state index in [4.69, 9.17) is 0 Å². The van der Waals surface area contributed by atoms with Crippen LogP contribution in [0.5, 0.6) is 0 Å².